The first kappa shape index (κ1) is 15.5. The second-order valence-corrected chi connectivity index (χ2v) is 6.19. The number of sulfonamides is 1. The third-order valence-corrected chi connectivity index (χ3v) is 4.18. The van der Waals surface area contributed by atoms with E-state index in [1.165, 1.54) is 18.7 Å². The molecule has 0 atom stereocenters. The van der Waals surface area contributed by atoms with Crippen molar-refractivity contribution in [2.45, 2.75) is 24.4 Å². The van der Waals surface area contributed by atoms with Crippen molar-refractivity contribution >= 4 is 10.0 Å². The number of aromatic nitrogens is 4. The molecule has 0 aliphatic heterocycles. The van der Waals surface area contributed by atoms with Gasteiger partial charge in [-0.15, -0.1) is 0 Å². The molecule has 0 spiro atoms. The topological polar surface area (TPSA) is 102 Å². The SMILES string of the molecule is CNCCCn1cc(S(=O)(=O)NCc2ccncn2)cn1. The van der Waals surface area contributed by atoms with Gasteiger partial charge in [0, 0.05) is 18.9 Å². The summed E-state index contributed by atoms with van der Waals surface area (Å²) in [6.45, 7) is 1.64. The average Bonchev–Trinajstić information content (AvgIpc) is 2.96. The summed E-state index contributed by atoms with van der Waals surface area (Å²) in [5.41, 5.74) is 0.606. The molecular formula is C12H18N6O2S. The van der Waals surface area contributed by atoms with E-state index in [0.29, 0.717) is 12.2 Å². The van der Waals surface area contributed by atoms with E-state index in [2.05, 4.69) is 25.1 Å². The van der Waals surface area contributed by atoms with E-state index in [1.54, 1.807) is 16.9 Å². The maximum absolute atomic E-state index is 12.1. The fourth-order valence-corrected chi connectivity index (χ4v) is 2.65. The monoisotopic (exact) mass is 310 g/mol. The molecule has 114 valence electrons. The third-order valence-electron chi connectivity index (χ3n) is 2.82. The van der Waals surface area contributed by atoms with E-state index >= 15 is 0 Å². The van der Waals surface area contributed by atoms with Gasteiger partial charge in [0.1, 0.15) is 11.2 Å². The Hall–Kier alpha value is -1.84. The molecule has 0 unspecified atom stereocenters. The molecule has 8 nitrogen and oxygen atoms in total. The predicted octanol–water partition coefficient (Wildman–Crippen LogP) is -0.239. The summed E-state index contributed by atoms with van der Waals surface area (Å²) >= 11 is 0. The number of rotatable bonds is 8. The van der Waals surface area contributed by atoms with Crippen molar-refractivity contribution in [3.05, 3.63) is 36.7 Å². The van der Waals surface area contributed by atoms with E-state index in [0.717, 1.165) is 13.0 Å². The minimum atomic E-state index is -3.58. The molecule has 0 saturated carbocycles. The van der Waals surface area contributed by atoms with Crippen LogP contribution in [0, 0.1) is 0 Å². The summed E-state index contributed by atoms with van der Waals surface area (Å²) in [5.74, 6) is 0. The number of nitrogens with one attached hydrogen (secondary N) is 2. The number of nitrogens with zero attached hydrogens (tertiary/aromatic N) is 4. The van der Waals surface area contributed by atoms with Crippen molar-refractivity contribution < 1.29 is 8.42 Å². The first-order chi connectivity index (χ1) is 10.1. The van der Waals surface area contributed by atoms with Gasteiger partial charge in [0.25, 0.3) is 0 Å². The molecular weight excluding hydrogens is 292 g/mol. The summed E-state index contributed by atoms with van der Waals surface area (Å²) in [7, 11) is -1.71. The summed E-state index contributed by atoms with van der Waals surface area (Å²) < 4.78 is 28.4. The van der Waals surface area contributed by atoms with Gasteiger partial charge in [0.2, 0.25) is 10.0 Å². The van der Waals surface area contributed by atoms with E-state index in [-0.39, 0.29) is 11.4 Å². The van der Waals surface area contributed by atoms with Crippen LogP contribution in [0.2, 0.25) is 0 Å². The largest absolute Gasteiger partial charge is 0.320 e. The zero-order valence-corrected chi connectivity index (χ0v) is 12.5. The lowest BCUT2D eigenvalue weighted by Crippen LogP contribution is -2.23. The molecule has 9 heteroatoms. The Morgan fingerprint density at radius 1 is 1.38 bits per heavy atom. The molecule has 2 N–H and O–H groups in total. The molecule has 0 aliphatic carbocycles. The number of aryl methyl sites for hydroxylation is 1. The van der Waals surface area contributed by atoms with Crippen LogP contribution in [0.5, 0.6) is 0 Å². The Balaban J connectivity index is 1.96. The zero-order chi connectivity index (χ0) is 15.1. The number of hydrogen-bond donors (Lipinski definition) is 2. The lowest BCUT2D eigenvalue weighted by Gasteiger charge is -2.04. The minimum absolute atomic E-state index is 0.121. The molecule has 2 rings (SSSR count). The highest BCUT2D eigenvalue weighted by Crippen LogP contribution is 2.08. The summed E-state index contributed by atoms with van der Waals surface area (Å²) in [6, 6.07) is 1.66. The Labute approximate surface area is 123 Å². The van der Waals surface area contributed by atoms with Crippen LogP contribution in [-0.2, 0) is 23.1 Å². The lowest BCUT2D eigenvalue weighted by molar-refractivity contribution is 0.560. The van der Waals surface area contributed by atoms with Gasteiger partial charge in [0.05, 0.1) is 18.4 Å². The van der Waals surface area contributed by atoms with Gasteiger partial charge in [-0.3, -0.25) is 4.68 Å². The van der Waals surface area contributed by atoms with Gasteiger partial charge in [-0.2, -0.15) is 5.10 Å². The minimum Gasteiger partial charge on any atom is -0.320 e. The zero-order valence-electron chi connectivity index (χ0n) is 11.7. The lowest BCUT2D eigenvalue weighted by atomic mass is 10.4. The highest BCUT2D eigenvalue weighted by atomic mass is 32.2. The Morgan fingerprint density at radius 2 is 2.24 bits per heavy atom. The van der Waals surface area contributed by atoms with Crippen LogP contribution in [0.3, 0.4) is 0 Å². The van der Waals surface area contributed by atoms with Crippen LogP contribution in [-0.4, -0.2) is 41.8 Å². The van der Waals surface area contributed by atoms with Crippen LogP contribution in [0.25, 0.3) is 0 Å². The van der Waals surface area contributed by atoms with Crippen molar-refractivity contribution in [3.63, 3.8) is 0 Å². The van der Waals surface area contributed by atoms with Crippen LogP contribution in [0.1, 0.15) is 12.1 Å². The highest BCUT2D eigenvalue weighted by molar-refractivity contribution is 7.89. The fraction of sp³-hybridized carbons (Fsp3) is 0.417. The first-order valence-corrected chi connectivity index (χ1v) is 8.02. The van der Waals surface area contributed by atoms with E-state index in [4.69, 9.17) is 0 Å². The predicted molar refractivity (Wildman–Crippen MR) is 76.8 cm³/mol. The van der Waals surface area contributed by atoms with E-state index < -0.39 is 10.0 Å². The van der Waals surface area contributed by atoms with E-state index in [1.807, 2.05) is 7.05 Å². The van der Waals surface area contributed by atoms with Crippen molar-refractivity contribution in [2.75, 3.05) is 13.6 Å². The second kappa shape index (κ2) is 7.25. The molecule has 0 radical (unpaired) electrons. The normalized spacial score (nSPS) is 11.7. The Bertz CT molecular complexity index is 655. The van der Waals surface area contributed by atoms with Crippen molar-refractivity contribution in [1.29, 1.82) is 0 Å². The fourth-order valence-electron chi connectivity index (χ4n) is 1.70. The molecule has 0 aromatic carbocycles. The molecule has 21 heavy (non-hydrogen) atoms. The highest BCUT2D eigenvalue weighted by Gasteiger charge is 2.16. The van der Waals surface area contributed by atoms with Gasteiger partial charge < -0.3 is 5.32 Å². The van der Waals surface area contributed by atoms with Gasteiger partial charge in [-0.1, -0.05) is 0 Å². The van der Waals surface area contributed by atoms with Crippen LogP contribution in [0.15, 0.2) is 35.9 Å². The molecule has 0 aliphatic rings. The van der Waals surface area contributed by atoms with Gasteiger partial charge >= 0.3 is 0 Å². The van der Waals surface area contributed by atoms with Gasteiger partial charge in [-0.25, -0.2) is 23.1 Å². The average molecular weight is 310 g/mol. The molecule has 0 fully saturated rings. The van der Waals surface area contributed by atoms with Gasteiger partial charge in [-0.05, 0) is 26.1 Å². The molecule has 2 aromatic rings. The van der Waals surface area contributed by atoms with Crippen LogP contribution >= 0.6 is 0 Å². The van der Waals surface area contributed by atoms with Gasteiger partial charge in [0.15, 0.2) is 0 Å². The molecule has 0 amide bonds. The Morgan fingerprint density at radius 3 is 2.95 bits per heavy atom. The molecule has 0 bridgehead atoms. The number of hydrogen-bond acceptors (Lipinski definition) is 6. The van der Waals surface area contributed by atoms with Crippen LogP contribution < -0.4 is 10.0 Å². The van der Waals surface area contributed by atoms with Crippen LogP contribution in [0.4, 0.5) is 0 Å². The summed E-state index contributed by atoms with van der Waals surface area (Å²) in [5, 5.41) is 7.08. The molecule has 0 saturated heterocycles. The second-order valence-electron chi connectivity index (χ2n) is 4.42. The smallest absolute Gasteiger partial charge is 0.244 e. The maximum Gasteiger partial charge on any atom is 0.244 e. The molecule has 2 aromatic heterocycles. The summed E-state index contributed by atoms with van der Waals surface area (Å²) in [6.07, 6.45) is 6.70. The summed E-state index contributed by atoms with van der Waals surface area (Å²) in [4.78, 5) is 7.90. The molecule has 2 heterocycles. The quantitative estimate of drug-likeness (QED) is 0.653. The standard InChI is InChI=1S/C12H18N6O2S/c1-13-4-2-6-18-9-12(8-16-18)21(19,20)17-7-11-3-5-14-10-15-11/h3,5,8-10,13,17H,2,4,6-7H2,1H3. The Kier molecular flexibility index (Phi) is 5.37. The van der Waals surface area contributed by atoms with Crippen molar-refractivity contribution in [1.82, 2.24) is 29.8 Å². The van der Waals surface area contributed by atoms with Crippen molar-refractivity contribution in [2.24, 2.45) is 0 Å². The first-order valence-electron chi connectivity index (χ1n) is 6.53. The van der Waals surface area contributed by atoms with E-state index in [9.17, 15) is 8.42 Å². The third kappa shape index (κ3) is 4.59. The maximum atomic E-state index is 12.1. The van der Waals surface area contributed by atoms with Crippen molar-refractivity contribution in [3.8, 4) is 0 Å².